The van der Waals surface area contributed by atoms with Gasteiger partial charge in [0, 0.05) is 22.2 Å². The number of anilines is 1. The van der Waals surface area contributed by atoms with Crippen LogP contribution >= 0.6 is 22.7 Å². The lowest BCUT2D eigenvalue weighted by molar-refractivity contribution is -0.116. The van der Waals surface area contributed by atoms with Gasteiger partial charge in [-0.3, -0.25) is 4.79 Å². The van der Waals surface area contributed by atoms with Crippen molar-refractivity contribution < 1.29 is 4.79 Å². The maximum atomic E-state index is 11.8. The van der Waals surface area contributed by atoms with Gasteiger partial charge in [-0.1, -0.05) is 0 Å². The first-order valence-electron chi connectivity index (χ1n) is 6.55. The molecule has 0 aromatic carbocycles. The molecule has 0 bridgehead atoms. The van der Waals surface area contributed by atoms with Gasteiger partial charge in [-0.2, -0.15) is 0 Å². The smallest absolute Gasteiger partial charge is 0.226 e. The zero-order valence-corrected chi connectivity index (χ0v) is 13.5. The highest BCUT2D eigenvalue weighted by molar-refractivity contribution is 7.18. The molecule has 0 saturated heterocycles. The highest BCUT2D eigenvalue weighted by Gasteiger charge is 2.13. The van der Waals surface area contributed by atoms with Crippen molar-refractivity contribution in [2.45, 2.75) is 39.7 Å². The summed E-state index contributed by atoms with van der Waals surface area (Å²) in [5.41, 5.74) is 6.62. The van der Waals surface area contributed by atoms with Gasteiger partial charge in [0.15, 0.2) is 5.13 Å². The molecule has 1 unspecified atom stereocenters. The van der Waals surface area contributed by atoms with Gasteiger partial charge < -0.3 is 11.1 Å². The number of aromatic nitrogens is 1. The van der Waals surface area contributed by atoms with E-state index in [9.17, 15) is 4.79 Å². The molecule has 3 N–H and O–H groups in total. The fraction of sp³-hybridized carbons (Fsp3) is 0.429. The summed E-state index contributed by atoms with van der Waals surface area (Å²) in [6.07, 6.45) is 1.12. The number of amides is 1. The highest BCUT2D eigenvalue weighted by Crippen LogP contribution is 2.34. The summed E-state index contributed by atoms with van der Waals surface area (Å²) in [6.45, 7) is 6.00. The minimum absolute atomic E-state index is 0.0232. The van der Waals surface area contributed by atoms with Crippen LogP contribution in [0.2, 0.25) is 0 Å². The van der Waals surface area contributed by atoms with E-state index in [0.717, 1.165) is 15.4 Å². The standard InChI is InChI=1S/C14H19N3OS2/c1-8(15)4-7-12(18)16-14-17-13(10(3)20-14)11-6-5-9(2)19-11/h5-6,8H,4,7,15H2,1-3H3,(H,16,17,18). The first-order valence-corrected chi connectivity index (χ1v) is 8.18. The number of thiazole rings is 1. The Labute approximate surface area is 127 Å². The number of nitrogens with two attached hydrogens (primary N) is 1. The normalized spacial score (nSPS) is 12.4. The minimum Gasteiger partial charge on any atom is -0.328 e. The molecule has 1 amide bonds. The molecule has 0 aliphatic carbocycles. The van der Waals surface area contributed by atoms with Gasteiger partial charge in [0.05, 0.1) is 10.6 Å². The van der Waals surface area contributed by atoms with Crippen LogP contribution in [0.1, 0.15) is 29.5 Å². The topological polar surface area (TPSA) is 68.0 Å². The molecule has 0 radical (unpaired) electrons. The predicted octanol–water partition coefficient (Wildman–Crippen LogP) is 3.55. The summed E-state index contributed by atoms with van der Waals surface area (Å²) in [7, 11) is 0. The molecule has 2 aromatic heterocycles. The Hall–Kier alpha value is -1.24. The second-order valence-electron chi connectivity index (χ2n) is 4.90. The van der Waals surface area contributed by atoms with Gasteiger partial charge in [-0.25, -0.2) is 4.98 Å². The second kappa shape index (κ2) is 6.47. The maximum Gasteiger partial charge on any atom is 0.226 e. The van der Waals surface area contributed by atoms with E-state index in [1.54, 1.807) is 11.3 Å². The number of nitrogens with zero attached hydrogens (tertiary/aromatic N) is 1. The zero-order chi connectivity index (χ0) is 14.7. The number of aryl methyl sites for hydroxylation is 2. The Balaban J connectivity index is 2.06. The molecule has 0 aliphatic heterocycles. The number of carbonyl (C=O) groups is 1. The number of rotatable bonds is 5. The number of thiophene rings is 1. The molecular weight excluding hydrogens is 290 g/mol. The van der Waals surface area contributed by atoms with Crippen molar-refractivity contribution in [1.29, 1.82) is 0 Å². The molecule has 6 heteroatoms. The Kier molecular flexibility index (Phi) is 4.91. The van der Waals surface area contributed by atoms with Crippen LogP contribution in [-0.2, 0) is 4.79 Å². The Morgan fingerprint density at radius 3 is 2.75 bits per heavy atom. The lowest BCUT2D eigenvalue weighted by Gasteiger charge is -2.04. The van der Waals surface area contributed by atoms with Crippen molar-refractivity contribution in [1.82, 2.24) is 4.98 Å². The third kappa shape index (κ3) is 3.88. The van der Waals surface area contributed by atoms with E-state index in [0.29, 0.717) is 18.0 Å². The van der Waals surface area contributed by atoms with E-state index in [4.69, 9.17) is 5.73 Å². The number of hydrogen-bond donors (Lipinski definition) is 2. The summed E-state index contributed by atoms with van der Waals surface area (Å²) in [4.78, 5) is 19.8. The SMILES string of the molecule is Cc1ccc(-c2nc(NC(=O)CCC(C)N)sc2C)s1. The van der Waals surface area contributed by atoms with E-state index >= 15 is 0 Å². The van der Waals surface area contributed by atoms with E-state index in [-0.39, 0.29) is 11.9 Å². The van der Waals surface area contributed by atoms with E-state index in [2.05, 4.69) is 29.4 Å². The summed E-state index contributed by atoms with van der Waals surface area (Å²) in [6, 6.07) is 4.20. The molecule has 0 saturated carbocycles. The molecule has 2 rings (SSSR count). The van der Waals surface area contributed by atoms with Crippen LogP contribution in [0.3, 0.4) is 0 Å². The summed E-state index contributed by atoms with van der Waals surface area (Å²) >= 11 is 3.23. The van der Waals surface area contributed by atoms with Crippen LogP contribution in [0.25, 0.3) is 10.6 Å². The van der Waals surface area contributed by atoms with Gasteiger partial charge in [0.25, 0.3) is 0 Å². The van der Waals surface area contributed by atoms with Gasteiger partial charge in [0.1, 0.15) is 0 Å². The fourth-order valence-electron chi connectivity index (χ4n) is 1.78. The van der Waals surface area contributed by atoms with Crippen LogP contribution in [0.5, 0.6) is 0 Å². The second-order valence-corrected chi connectivity index (χ2v) is 7.39. The summed E-state index contributed by atoms with van der Waals surface area (Å²) < 4.78 is 0. The molecule has 20 heavy (non-hydrogen) atoms. The van der Waals surface area contributed by atoms with E-state index in [1.807, 2.05) is 13.8 Å². The first kappa shape index (κ1) is 15.2. The predicted molar refractivity (Wildman–Crippen MR) is 86.4 cm³/mol. The van der Waals surface area contributed by atoms with Crippen molar-refractivity contribution in [3.8, 4) is 10.6 Å². The van der Waals surface area contributed by atoms with Crippen LogP contribution < -0.4 is 11.1 Å². The van der Waals surface area contributed by atoms with Crippen molar-refractivity contribution in [3.05, 3.63) is 21.9 Å². The quantitative estimate of drug-likeness (QED) is 0.887. The molecule has 0 fully saturated rings. The minimum atomic E-state index is -0.0232. The Morgan fingerprint density at radius 2 is 2.15 bits per heavy atom. The van der Waals surface area contributed by atoms with Crippen LogP contribution in [0.4, 0.5) is 5.13 Å². The number of hydrogen-bond acceptors (Lipinski definition) is 5. The van der Waals surface area contributed by atoms with Crippen molar-refractivity contribution >= 4 is 33.7 Å². The monoisotopic (exact) mass is 309 g/mol. The molecular formula is C14H19N3OS2. The van der Waals surface area contributed by atoms with Gasteiger partial charge in [-0.05, 0) is 39.3 Å². The number of carbonyl (C=O) groups excluding carboxylic acids is 1. The number of nitrogens with one attached hydrogen (secondary N) is 1. The van der Waals surface area contributed by atoms with Gasteiger partial charge in [-0.15, -0.1) is 22.7 Å². The fourth-order valence-corrected chi connectivity index (χ4v) is 3.60. The molecule has 4 nitrogen and oxygen atoms in total. The molecule has 2 aromatic rings. The largest absolute Gasteiger partial charge is 0.328 e. The Bertz CT molecular complexity index is 601. The third-order valence-electron chi connectivity index (χ3n) is 2.84. The molecule has 2 heterocycles. The molecule has 0 spiro atoms. The molecule has 0 aliphatic rings. The van der Waals surface area contributed by atoms with Gasteiger partial charge >= 0.3 is 0 Å². The zero-order valence-electron chi connectivity index (χ0n) is 11.9. The molecule has 1 atom stereocenters. The first-order chi connectivity index (χ1) is 9.45. The summed E-state index contributed by atoms with van der Waals surface area (Å²) in [5, 5.41) is 3.52. The van der Waals surface area contributed by atoms with Gasteiger partial charge in [0.2, 0.25) is 5.91 Å². The maximum absolute atomic E-state index is 11.8. The van der Waals surface area contributed by atoms with Crippen LogP contribution in [0, 0.1) is 13.8 Å². The van der Waals surface area contributed by atoms with Crippen molar-refractivity contribution in [3.63, 3.8) is 0 Å². The average molecular weight is 309 g/mol. The van der Waals surface area contributed by atoms with Crippen LogP contribution in [-0.4, -0.2) is 16.9 Å². The third-order valence-corrected chi connectivity index (χ3v) is 4.74. The summed E-state index contributed by atoms with van der Waals surface area (Å²) in [5.74, 6) is -0.0232. The Morgan fingerprint density at radius 1 is 1.40 bits per heavy atom. The van der Waals surface area contributed by atoms with Crippen LogP contribution in [0.15, 0.2) is 12.1 Å². The lowest BCUT2D eigenvalue weighted by Crippen LogP contribution is -2.19. The van der Waals surface area contributed by atoms with E-state index in [1.165, 1.54) is 16.2 Å². The average Bonchev–Trinajstić information content (AvgIpc) is 2.93. The van der Waals surface area contributed by atoms with Crippen molar-refractivity contribution in [2.75, 3.05) is 5.32 Å². The molecule has 108 valence electrons. The van der Waals surface area contributed by atoms with Crippen molar-refractivity contribution in [2.24, 2.45) is 5.73 Å². The lowest BCUT2D eigenvalue weighted by atomic mass is 10.2. The highest BCUT2D eigenvalue weighted by atomic mass is 32.1. The van der Waals surface area contributed by atoms with E-state index < -0.39 is 0 Å².